The van der Waals surface area contributed by atoms with Gasteiger partial charge in [0, 0.05) is 19.5 Å². The Balaban J connectivity index is 2.88. The third kappa shape index (κ3) is 2.90. The molecule has 0 amide bonds. The van der Waals surface area contributed by atoms with E-state index < -0.39 is 0 Å². The molecule has 1 aromatic heterocycles. The highest BCUT2D eigenvalue weighted by molar-refractivity contribution is 5.21. The molecule has 2 N–H and O–H groups in total. The zero-order valence-corrected chi connectivity index (χ0v) is 10.0. The lowest BCUT2D eigenvalue weighted by molar-refractivity contribution is 0.0703. The molecule has 0 radical (unpaired) electrons. The second-order valence-corrected chi connectivity index (χ2v) is 3.54. The van der Waals surface area contributed by atoms with E-state index in [2.05, 4.69) is 16.9 Å². The highest BCUT2D eigenvalue weighted by Gasteiger charge is 2.23. The van der Waals surface area contributed by atoms with Gasteiger partial charge in [-0.1, -0.05) is 13.3 Å². The number of nitrogens with two attached hydrogens (primary N) is 1. The van der Waals surface area contributed by atoms with Gasteiger partial charge in [-0.3, -0.25) is 4.98 Å². The minimum Gasteiger partial charge on any atom is -0.480 e. The van der Waals surface area contributed by atoms with Gasteiger partial charge in [-0.2, -0.15) is 0 Å². The van der Waals surface area contributed by atoms with Gasteiger partial charge < -0.3 is 15.2 Å². The molecule has 1 aromatic rings. The quantitative estimate of drug-likeness (QED) is 0.790. The normalized spacial score (nSPS) is 14.5. The van der Waals surface area contributed by atoms with Crippen molar-refractivity contribution in [3.63, 3.8) is 0 Å². The minimum absolute atomic E-state index is 0.0596. The van der Waals surface area contributed by atoms with E-state index in [0.29, 0.717) is 11.6 Å². The predicted molar refractivity (Wildman–Crippen MR) is 61.2 cm³/mol. The Bertz CT molecular complexity index is 320. The Kier molecular flexibility index (Phi) is 5.14. The van der Waals surface area contributed by atoms with Crippen molar-refractivity contribution in [1.29, 1.82) is 0 Å². The van der Waals surface area contributed by atoms with E-state index in [1.165, 1.54) is 0 Å². The zero-order chi connectivity index (χ0) is 12.0. The van der Waals surface area contributed by atoms with Gasteiger partial charge in [-0.05, 0) is 6.42 Å². The Labute approximate surface area is 96.0 Å². The third-order valence-electron chi connectivity index (χ3n) is 2.48. The minimum atomic E-state index is -0.311. The van der Waals surface area contributed by atoms with Crippen molar-refractivity contribution in [2.75, 3.05) is 14.2 Å². The largest absolute Gasteiger partial charge is 0.480 e. The molecule has 0 saturated heterocycles. The lowest BCUT2D eigenvalue weighted by atomic mass is 10.0. The van der Waals surface area contributed by atoms with Crippen molar-refractivity contribution in [2.45, 2.75) is 31.9 Å². The Morgan fingerprint density at radius 2 is 2.00 bits per heavy atom. The maximum absolute atomic E-state index is 6.10. The summed E-state index contributed by atoms with van der Waals surface area (Å²) in [5.74, 6) is 0.466. The standard InChI is InChI=1S/C11H19N3O2/c1-4-5-8(15-2)9(12)10-11(16-3)14-7-6-13-10/h6-9H,4-5,12H2,1-3H3. The zero-order valence-electron chi connectivity index (χ0n) is 10.0. The molecular formula is C11H19N3O2. The first-order valence-corrected chi connectivity index (χ1v) is 5.37. The van der Waals surface area contributed by atoms with Crippen LogP contribution in [0.4, 0.5) is 0 Å². The number of aromatic nitrogens is 2. The molecule has 1 rings (SSSR count). The van der Waals surface area contributed by atoms with Crippen LogP contribution in [0.2, 0.25) is 0 Å². The first kappa shape index (κ1) is 12.9. The lowest BCUT2D eigenvalue weighted by Gasteiger charge is -2.22. The molecule has 2 atom stereocenters. The molecule has 0 saturated carbocycles. The van der Waals surface area contributed by atoms with E-state index in [4.69, 9.17) is 15.2 Å². The van der Waals surface area contributed by atoms with E-state index >= 15 is 0 Å². The van der Waals surface area contributed by atoms with Crippen LogP contribution < -0.4 is 10.5 Å². The lowest BCUT2D eigenvalue weighted by Crippen LogP contribution is -2.29. The van der Waals surface area contributed by atoms with Gasteiger partial charge in [0.05, 0.1) is 19.3 Å². The van der Waals surface area contributed by atoms with E-state index in [1.54, 1.807) is 26.6 Å². The van der Waals surface area contributed by atoms with Gasteiger partial charge >= 0.3 is 0 Å². The number of rotatable bonds is 6. The van der Waals surface area contributed by atoms with Crippen molar-refractivity contribution < 1.29 is 9.47 Å². The maximum Gasteiger partial charge on any atom is 0.237 e. The average molecular weight is 225 g/mol. The van der Waals surface area contributed by atoms with Crippen molar-refractivity contribution in [1.82, 2.24) is 9.97 Å². The average Bonchev–Trinajstić information content (AvgIpc) is 2.35. The van der Waals surface area contributed by atoms with Crippen LogP contribution in [0.3, 0.4) is 0 Å². The van der Waals surface area contributed by atoms with Crippen LogP contribution in [0.5, 0.6) is 5.88 Å². The molecule has 0 aliphatic carbocycles. The number of methoxy groups -OCH3 is 2. The van der Waals surface area contributed by atoms with Crippen LogP contribution in [0.1, 0.15) is 31.5 Å². The summed E-state index contributed by atoms with van der Waals surface area (Å²) in [7, 11) is 3.21. The molecule has 0 aliphatic heterocycles. The monoisotopic (exact) mass is 225 g/mol. The molecule has 1 heterocycles. The van der Waals surface area contributed by atoms with Crippen molar-refractivity contribution in [3.8, 4) is 5.88 Å². The number of hydrogen-bond donors (Lipinski definition) is 1. The molecule has 90 valence electrons. The summed E-state index contributed by atoms with van der Waals surface area (Å²) in [5.41, 5.74) is 6.75. The van der Waals surface area contributed by atoms with E-state index in [0.717, 1.165) is 12.8 Å². The molecule has 5 heteroatoms. The second kappa shape index (κ2) is 6.40. The Morgan fingerprint density at radius 3 is 2.56 bits per heavy atom. The molecule has 0 fully saturated rings. The molecule has 0 spiro atoms. The summed E-state index contributed by atoms with van der Waals surface area (Å²) in [6.45, 7) is 2.09. The predicted octanol–water partition coefficient (Wildman–Crippen LogP) is 1.30. The van der Waals surface area contributed by atoms with Crippen molar-refractivity contribution >= 4 is 0 Å². The number of ether oxygens (including phenoxy) is 2. The summed E-state index contributed by atoms with van der Waals surface area (Å²) in [6, 6.07) is -0.311. The summed E-state index contributed by atoms with van der Waals surface area (Å²) in [5, 5.41) is 0. The van der Waals surface area contributed by atoms with E-state index in [9.17, 15) is 0 Å². The number of hydrogen-bond acceptors (Lipinski definition) is 5. The first-order chi connectivity index (χ1) is 7.74. The molecule has 16 heavy (non-hydrogen) atoms. The van der Waals surface area contributed by atoms with Gasteiger partial charge in [0.2, 0.25) is 5.88 Å². The van der Waals surface area contributed by atoms with Gasteiger partial charge in [-0.25, -0.2) is 4.98 Å². The van der Waals surface area contributed by atoms with Crippen LogP contribution in [0.25, 0.3) is 0 Å². The van der Waals surface area contributed by atoms with Gasteiger partial charge in [0.15, 0.2) is 0 Å². The summed E-state index contributed by atoms with van der Waals surface area (Å²) in [4.78, 5) is 8.28. The molecule has 0 bridgehead atoms. The second-order valence-electron chi connectivity index (χ2n) is 3.54. The summed E-state index contributed by atoms with van der Waals surface area (Å²) < 4.78 is 10.5. The summed E-state index contributed by atoms with van der Waals surface area (Å²) in [6.07, 6.45) is 5.02. The maximum atomic E-state index is 6.10. The SMILES string of the molecule is CCCC(OC)C(N)c1nccnc1OC. The van der Waals surface area contributed by atoms with Crippen LogP contribution >= 0.6 is 0 Å². The van der Waals surface area contributed by atoms with Crippen LogP contribution in [0, 0.1) is 0 Å². The van der Waals surface area contributed by atoms with Crippen molar-refractivity contribution in [3.05, 3.63) is 18.1 Å². The highest BCUT2D eigenvalue weighted by atomic mass is 16.5. The molecular weight excluding hydrogens is 206 g/mol. The van der Waals surface area contributed by atoms with Crippen molar-refractivity contribution in [2.24, 2.45) is 5.73 Å². The fourth-order valence-electron chi connectivity index (χ4n) is 1.63. The fraction of sp³-hybridized carbons (Fsp3) is 0.636. The molecule has 5 nitrogen and oxygen atoms in total. The van der Waals surface area contributed by atoms with Gasteiger partial charge in [0.1, 0.15) is 5.69 Å². The Morgan fingerprint density at radius 1 is 1.31 bits per heavy atom. The fourth-order valence-corrected chi connectivity index (χ4v) is 1.63. The smallest absolute Gasteiger partial charge is 0.237 e. The van der Waals surface area contributed by atoms with Crippen LogP contribution in [-0.4, -0.2) is 30.3 Å². The summed E-state index contributed by atoms with van der Waals surface area (Å²) >= 11 is 0. The third-order valence-corrected chi connectivity index (χ3v) is 2.48. The molecule has 0 aliphatic rings. The van der Waals surface area contributed by atoms with Crippen LogP contribution in [0.15, 0.2) is 12.4 Å². The topological polar surface area (TPSA) is 70.3 Å². The Hall–Kier alpha value is -1.20. The first-order valence-electron chi connectivity index (χ1n) is 5.37. The van der Waals surface area contributed by atoms with Gasteiger partial charge in [-0.15, -0.1) is 0 Å². The van der Waals surface area contributed by atoms with Crippen LogP contribution in [-0.2, 0) is 4.74 Å². The highest BCUT2D eigenvalue weighted by Crippen LogP contribution is 2.24. The molecule has 0 aromatic carbocycles. The molecule has 2 unspecified atom stereocenters. The van der Waals surface area contributed by atoms with E-state index in [-0.39, 0.29) is 12.1 Å². The number of nitrogens with zero attached hydrogens (tertiary/aromatic N) is 2. The van der Waals surface area contributed by atoms with Gasteiger partial charge in [0.25, 0.3) is 0 Å². The van der Waals surface area contributed by atoms with E-state index in [1.807, 2.05) is 0 Å².